The van der Waals surface area contributed by atoms with Crippen LogP contribution in [0.4, 0.5) is 0 Å². The third-order valence-corrected chi connectivity index (χ3v) is 2.30. The summed E-state index contributed by atoms with van der Waals surface area (Å²) in [6.07, 6.45) is 1.93. The lowest BCUT2D eigenvalue weighted by atomic mass is 9.96. The predicted molar refractivity (Wildman–Crippen MR) is 64.7 cm³/mol. The van der Waals surface area contributed by atoms with Crippen molar-refractivity contribution in [3.8, 4) is 0 Å². The van der Waals surface area contributed by atoms with E-state index >= 15 is 0 Å². The topological polar surface area (TPSA) is 64.4 Å². The van der Waals surface area contributed by atoms with E-state index in [1.54, 1.807) is 0 Å². The van der Waals surface area contributed by atoms with Crippen LogP contribution in [0, 0.1) is 0 Å². The van der Waals surface area contributed by atoms with Gasteiger partial charge in [-0.3, -0.25) is 0 Å². The highest BCUT2D eigenvalue weighted by molar-refractivity contribution is 5.76. The monoisotopic (exact) mass is 205 g/mol. The highest BCUT2D eigenvalue weighted by atomic mass is 15.0. The Morgan fingerprint density at radius 2 is 1.80 bits per heavy atom. The van der Waals surface area contributed by atoms with Crippen LogP contribution in [0.15, 0.2) is 35.3 Å². The Balaban J connectivity index is 2.54. The second kappa shape index (κ2) is 4.82. The van der Waals surface area contributed by atoms with Crippen molar-refractivity contribution in [1.82, 2.24) is 0 Å². The Labute approximate surface area is 91.2 Å². The standard InChI is InChI=1S/C12H19N3/c1-12(2,15-11(13)14)9-8-10-6-4-3-5-7-10/h3-7H,8-9H2,1-2H3,(H4,13,14,15). The van der Waals surface area contributed by atoms with Crippen molar-refractivity contribution in [1.29, 1.82) is 0 Å². The summed E-state index contributed by atoms with van der Waals surface area (Å²) in [6, 6.07) is 10.3. The third kappa shape index (κ3) is 4.49. The fourth-order valence-corrected chi connectivity index (χ4v) is 1.50. The van der Waals surface area contributed by atoms with Gasteiger partial charge in [0.1, 0.15) is 0 Å². The normalized spacial score (nSPS) is 11.1. The molecule has 0 aliphatic carbocycles. The summed E-state index contributed by atoms with van der Waals surface area (Å²) in [7, 11) is 0. The highest BCUT2D eigenvalue weighted by Crippen LogP contribution is 2.17. The molecular weight excluding hydrogens is 186 g/mol. The van der Waals surface area contributed by atoms with Crippen LogP contribution in [0.5, 0.6) is 0 Å². The molecule has 0 aliphatic heterocycles. The van der Waals surface area contributed by atoms with E-state index < -0.39 is 0 Å². The molecule has 0 aliphatic rings. The zero-order valence-electron chi connectivity index (χ0n) is 9.40. The summed E-state index contributed by atoms with van der Waals surface area (Å²) in [4.78, 5) is 4.20. The second-order valence-corrected chi connectivity index (χ2v) is 4.33. The van der Waals surface area contributed by atoms with Crippen molar-refractivity contribution < 1.29 is 0 Å². The van der Waals surface area contributed by atoms with Crippen LogP contribution in [0.3, 0.4) is 0 Å². The maximum Gasteiger partial charge on any atom is 0.186 e. The number of guanidine groups is 1. The van der Waals surface area contributed by atoms with Crippen LogP contribution in [0.1, 0.15) is 25.8 Å². The van der Waals surface area contributed by atoms with Gasteiger partial charge in [0.05, 0.1) is 5.54 Å². The summed E-state index contributed by atoms with van der Waals surface area (Å²) in [6.45, 7) is 4.07. The Bertz CT molecular complexity index is 324. The molecule has 0 unspecified atom stereocenters. The average molecular weight is 205 g/mol. The largest absolute Gasteiger partial charge is 0.370 e. The van der Waals surface area contributed by atoms with Gasteiger partial charge in [0.15, 0.2) is 5.96 Å². The fraction of sp³-hybridized carbons (Fsp3) is 0.417. The van der Waals surface area contributed by atoms with Gasteiger partial charge in [-0.1, -0.05) is 30.3 Å². The van der Waals surface area contributed by atoms with Gasteiger partial charge in [0.25, 0.3) is 0 Å². The molecule has 3 nitrogen and oxygen atoms in total. The SMILES string of the molecule is CC(C)(CCc1ccccc1)N=C(N)N. The molecule has 3 heteroatoms. The van der Waals surface area contributed by atoms with E-state index in [1.807, 2.05) is 32.0 Å². The van der Waals surface area contributed by atoms with Gasteiger partial charge < -0.3 is 11.5 Å². The van der Waals surface area contributed by atoms with E-state index in [1.165, 1.54) is 5.56 Å². The van der Waals surface area contributed by atoms with Gasteiger partial charge in [-0.05, 0) is 32.3 Å². The van der Waals surface area contributed by atoms with Gasteiger partial charge in [-0.15, -0.1) is 0 Å². The van der Waals surface area contributed by atoms with Gasteiger partial charge in [0.2, 0.25) is 0 Å². The number of aryl methyl sites for hydroxylation is 1. The first kappa shape index (κ1) is 11.6. The molecule has 0 aromatic heterocycles. The minimum atomic E-state index is -0.186. The molecule has 15 heavy (non-hydrogen) atoms. The van der Waals surface area contributed by atoms with Crippen LogP contribution in [-0.2, 0) is 6.42 Å². The van der Waals surface area contributed by atoms with Crippen molar-refractivity contribution in [2.24, 2.45) is 16.5 Å². The highest BCUT2D eigenvalue weighted by Gasteiger charge is 2.15. The molecule has 0 heterocycles. The molecule has 0 saturated heterocycles. The van der Waals surface area contributed by atoms with Gasteiger partial charge in [0, 0.05) is 0 Å². The first-order chi connectivity index (χ1) is 6.99. The number of hydrogen-bond donors (Lipinski definition) is 2. The summed E-state index contributed by atoms with van der Waals surface area (Å²) in [5.74, 6) is 0.160. The summed E-state index contributed by atoms with van der Waals surface area (Å²) < 4.78 is 0. The average Bonchev–Trinajstić information content (AvgIpc) is 2.15. The van der Waals surface area contributed by atoms with Crippen molar-refractivity contribution in [2.75, 3.05) is 0 Å². The molecule has 1 aromatic rings. The first-order valence-electron chi connectivity index (χ1n) is 5.14. The first-order valence-corrected chi connectivity index (χ1v) is 5.14. The van der Waals surface area contributed by atoms with Gasteiger partial charge >= 0.3 is 0 Å². The van der Waals surface area contributed by atoms with Gasteiger partial charge in [-0.2, -0.15) is 0 Å². The van der Waals surface area contributed by atoms with Crippen LogP contribution in [0.25, 0.3) is 0 Å². The molecule has 4 N–H and O–H groups in total. The van der Waals surface area contributed by atoms with Crippen molar-refractivity contribution in [3.05, 3.63) is 35.9 Å². The number of aliphatic imine (C=N–C) groups is 1. The lowest BCUT2D eigenvalue weighted by molar-refractivity contribution is 0.479. The maximum atomic E-state index is 5.38. The Hall–Kier alpha value is -1.51. The van der Waals surface area contributed by atoms with Crippen LogP contribution in [0.2, 0.25) is 0 Å². The zero-order chi connectivity index (χ0) is 11.3. The summed E-state index contributed by atoms with van der Waals surface area (Å²) in [5.41, 5.74) is 11.9. The Morgan fingerprint density at radius 3 is 2.33 bits per heavy atom. The van der Waals surface area contributed by atoms with Gasteiger partial charge in [-0.25, -0.2) is 4.99 Å². The van der Waals surface area contributed by atoms with Crippen LogP contribution in [-0.4, -0.2) is 11.5 Å². The second-order valence-electron chi connectivity index (χ2n) is 4.33. The molecule has 0 fully saturated rings. The van der Waals surface area contributed by atoms with Crippen molar-refractivity contribution >= 4 is 5.96 Å². The third-order valence-electron chi connectivity index (χ3n) is 2.30. The molecule has 0 bridgehead atoms. The van der Waals surface area contributed by atoms with E-state index in [0.717, 1.165) is 12.8 Å². The Kier molecular flexibility index (Phi) is 3.72. The number of nitrogens with two attached hydrogens (primary N) is 2. The number of hydrogen-bond acceptors (Lipinski definition) is 1. The van der Waals surface area contributed by atoms with E-state index in [2.05, 4.69) is 17.1 Å². The van der Waals surface area contributed by atoms with E-state index in [9.17, 15) is 0 Å². The van der Waals surface area contributed by atoms with Crippen LogP contribution >= 0.6 is 0 Å². The molecule has 0 amide bonds. The minimum Gasteiger partial charge on any atom is -0.370 e. The molecule has 0 atom stereocenters. The molecule has 0 radical (unpaired) electrons. The maximum absolute atomic E-state index is 5.38. The lowest BCUT2D eigenvalue weighted by Crippen LogP contribution is -2.29. The summed E-state index contributed by atoms with van der Waals surface area (Å²) >= 11 is 0. The van der Waals surface area contributed by atoms with E-state index in [-0.39, 0.29) is 11.5 Å². The molecular formula is C12H19N3. The lowest BCUT2D eigenvalue weighted by Gasteiger charge is -2.19. The zero-order valence-corrected chi connectivity index (χ0v) is 9.40. The van der Waals surface area contributed by atoms with Crippen molar-refractivity contribution in [3.63, 3.8) is 0 Å². The molecule has 1 aromatic carbocycles. The van der Waals surface area contributed by atoms with E-state index in [0.29, 0.717) is 0 Å². The number of nitrogens with zero attached hydrogens (tertiary/aromatic N) is 1. The smallest absolute Gasteiger partial charge is 0.186 e. The minimum absolute atomic E-state index is 0.160. The molecule has 0 spiro atoms. The predicted octanol–water partition coefficient (Wildman–Crippen LogP) is 1.67. The van der Waals surface area contributed by atoms with E-state index in [4.69, 9.17) is 11.5 Å². The molecule has 0 saturated carbocycles. The quantitative estimate of drug-likeness (QED) is 0.580. The van der Waals surface area contributed by atoms with Crippen molar-refractivity contribution in [2.45, 2.75) is 32.2 Å². The fourth-order valence-electron chi connectivity index (χ4n) is 1.50. The molecule has 1 rings (SSSR count). The Morgan fingerprint density at radius 1 is 1.20 bits per heavy atom. The summed E-state index contributed by atoms with van der Waals surface area (Å²) in [5, 5.41) is 0. The number of rotatable bonds is 4. The van der Waals surface area contributed by atoms with Crippen LogP contribution < -0.4 is 11.5 Å². The number of benzene rings is 1. The molecule has 82 valence electrons.